The van der Waals surface area contributed by atoms with Gasteiger partial charge in [-0.15, -0.1) is 11.8 Å². The van der Waals surface area contributed by atoms with Crippen LogP contribution in [0.2, 0.25) is 0 Å². The number of rotatable bonds is 4. The molecule has 110 valence electrons. The molecule has 0 saturated heterocycles. The number of carbonyl (C=O) groups is 1. The molecule has 2 aromatic rings. The highest BCUT2D eigenvalue weighted by Gasteiger charge is 2.25. The number of benzene rings is 1. The lowest BCUT2D eigenvalue weighted by Gasteiger charge is -2.16. The number of hydrogen-bond acceptors (Lipinski definition) is 5. The summed E-state index contributed by atoms with van der Waals surface area (Å²) in [5.74, 6) is 2.94. The Morgan fingerprint density at radius 2 is 1.95 bits per heavy atom. The first-order valence-corrected chi connectivity index (χ1v) is 8.33. The van der Waals surface area contributed by atoms with Gasteiger partial charge in [-0.05, 0) is 42.9 Å². The number of ketones is 1. The van der Waals surface area contributed by atoms with Gasteiger partial charge >= 0.3 is 0 Å². The summed E-state index contributed by atoms with van der Waals surface area (Å²) in [6.07, 6.45) is 2.91. The maximum Gasteiger partial charge on any atom is 0.230 e. The van der Waals surface area contributed by atoms with Gasteiger partial charge in [0.25, 0.3) is 0 Å². The van der Waals surface area contributed by atoms with Crippen LogP contribution in [0.15, 0.2) is 33.7 Å². The number of aromatic nitrogens is 2. The smallest absolute Gasteiger partial charge is 0.230 e. The monoisotopic (exact) mass is 302 g/mol. The molecule has 1 aromatic carbocycles. The quantitative estimate of drug-likeness (QED) is 0.797. The van der Waals surface area contributed by atoms with Gasteiger partial charge in [0.05, 0.1) is 0 Å². The standard InChI is InChI=1S/C16H18N2O2S/c1-2-21-14-9-5-11(6-10-14)15-17-16(20-18-15)12-3-7-13(19)8-4-12/h5-6,9-10,12H,2-4,7-8H2,1H3. The van der Waals surface area contributed by atoms with Crippen LogP contribution in [0.5, 0.6) is 0 Å². The first-order valence-electron chi connectivity index (χ1n) is 7.35. The molecule has 0 N–H and O–H groups in total. The van der Waals surface area contributed by atoms with Crippen LogP contribution >= 0.6 is 11.8 Å². The molecule has 21 heavy (non-hydrogen) atoms. The molecular weight excluding hydrogens is 284 g/mol. The molecule has 0 atom stereocenters. The van der Waals surface area contributed by atoms with E-state index in [1.807, 2.05) is 23.9 Å². The van der Waals surface area contributed by atoms with Crippen LogP contribution in [0.25, 0.3) is 11.4 Å². The maximum atomic E-state index is 11.3. The van der Waals surface area contributed by atoms with Crippen molar-refractivity contribution in [1.29, 1.82) is 0 Å². The highest BCUT2D eigenvalue weighted by atomic mass is 32.2. The van der Waals surface area contributed by atoms with E-state index in [1.165, 1.54) is 4.90 Å². The molecule has 0 amide bonds. The molecule has 0 radical (unpaired) electrons. The van der Waals surface area contributed by atoms with Gasteiger partial charge in [-0.25, -0.2) is 0 Å². The molecular formula is C16H18N2O2S. The molecule has 1 aliphatic rings. The van der Waals surface area contributed by atoms with E-state index in [4.69, 9.17) is 4.52 Å². The van der Waals surface area contributed by atoms with Gasteiger partial charge in [0.2, 0.25) is 11.7 Å². The Kier molecular flexibility index (Phi) is 4.39. The third kappa shape index (κ3) is 3.35. The van der Waals surface area contributed by atoms with Crippen LogP contribution in [0.4, 0.5) is 0 Å². The molecule has 1 saturated carbocycles. The molecule has 3 rings (SSSR count). The molecule has 1 fully saturated rings. The van der Waals surface area contributed by atoms with Gasteiger partial charge in [-0.2, -0.15) is 4.98 Å². The van der Waals surface area contributed by atoms with Gasteiger partial charge in [0, 0.05) is 29.2 Å². The Balaban J connectivity index is 1.73. The summed E-state index contributed by atoms with van der Waals surface area (Å²) in [5, 5.41) is 4.08. The first kappa shape index (κ1) is 14.3. The first-order chi connectivity index (χ1) is 10.3. The van der Waals surface area contributed by atoms with Crippen molar-refractivity contribution in [2.75, 3.05) is 5.75 Å². The fourth-order valence-electron chi connectivity index (χ4n) is 2.57. The Labute approximate surface area is 128 Å². The molecule has 0 unspecified atom stereocenters. The number of thioether (sulfide) groups is 1. The van der Waals surface area contributed by atoms with E-state index < -0.39 is 0 Å². The zero-order chi connectivity index (χ0) is 14.7. The lowest BCUT2D eigenvalue weighted by molar-refractivity contribution is -0.120. The highest BCUT2D eigenvalue weighted by Crippen LogP contribution is 2.31. The average molecular weight is 302 g/mol. The minimum Gasteiger partial charge on any atom is -0.339 e. The number of nitrogens with zero attached hydrogens (tertiary/aromatic N) is 2. The van der Waals surface area contributed by atoms with Crippen molar-refractivity contribution in [1.82, 2.24) is 10.1 Å². The Morgan fingerprint density at radius 3 is 2.62 bits per heavy atom. The fourth-order valence-corrected chi connectivity index (χ4v) is 3.23. The van der Waals surface area contributed by atoms with Crippen LogP contribution in [-0.2, 0) is 4.79 Å². The van der Waals surface area contributed by atoms with Crippen molar-refractivity contribution in [3.05, 3.63) is 30.2 Å². The Bertz CT molecular complexity index is 611. The summed E-state index contributed by atoms with van der Waals surface area (Å²) in [4.78, 5) is 17.0. The van der Waals surface area contributed by atoms with Crippen LogP contribution in [-0.4, -0.2) is 21.7 Å². The summed E-state index contributed by atoms with van der Waals surface area (Å²) in [6.45, 7) is 2.14. The van der Waals surface area contributed by atoms with Gasteiger partial charge in [0.1, 0.15) is 5.78 Å². The van der Waals surface area contributed by atoms with Crippen molar-refractivity contribution in [2.24, 2.45) is 0 Å². The van der Waals surface area contributed by atoms with Crippen LogP contribution in [0.3, 0.4) is 0 Å². The van der Waals surface area contributed by atoms with E-state index in [0.29, 0.717) is 30.3 Å². The minimum atomic E-state index is 0.235. The van der Waals surface area contributed by atoms with Gasteiger partial charge in [0.15, 0.2) is 0 Å². The average Bonchev–Trinajstić information content (AvgIpc) is 2.99. The number of hydrogen-bond donors (Lipinski definition) is 0. The zero-order valence-corrected chi connectivity index (χ0v) is 12.9. The van der Waals surface area contributed by atoms with Crippen molar-refractivity contribution in [2.45, 2.75) is 43.4 Å². The predicted molar refractivity (Wildman–Crippen MR) is 82.3 cm³/mol. The number of Topliss-reactive ketones (excluding diaryl/α,β-unsaturated/α-hetero) is 1. The lowest BCUT2D eigenvalue weighted by atomic mass is 9.88. The third-order valence-electron chi connectivity index (χ3n) is 3.76. The maximum absolute atomic E-state index is 11.3. The summed E-state index contributed by atoms with van der Waals surface area (Å²) in [6, 6.07) is 8.21. The molecule has 1 heterocycles. The molecule has 1 aromatic heterocycles. The molecule has 1 aliphatic carbocycles. The summed E-state index contributed by atoms with van der Waals surface area (Å²) in [5.41, 5.74) is 0.970. The van der Waals surface area contributed by atoms with E-state index in [1.54, 1.807) is 0 Å². The van der Waals surface area contributed by atoms with E-state index in [-0.39, 0.29) is 5.92 Å². The lowest BCUT2D eigenvalue weighted by Crippen LogP contribution is -2.12. The van der Waals surface area contributed by atoms with E-state index in [2.05, 4.69) is 29.2 Å². The Hall–Kier alpha value is -1.62. The highest BCUT2D eigenvalue weighted by molar-refractivity contribution is 7.99. The van der Waals surface area contributed by atoms with Gasteiger partial charge < -0.3 is 4.52 Å². The van der Waals surface area contributed by atoms with Crippen LogP contribution < -0.4 is 0 Å². The van der Waals surface area contributed by atoms with Crippen LogP contribution in [0.1, 0.15) is 44.4 Å². The topological polar surface area (TPSA) is 56.0 Å². The van der Waals surface area contributed by atoms with E-state index in [9.17, 15) is 4.79 Å². The molecule has 0 spiro atoms. The molecule has 4 nitrogen and oxygen atoms in total. The van der Waals surface area contributed by atoms with E-state index in [0.717, 1.165) is 24.2 Å². The third-order valence-corrected chi connectivity index (χ3v) is 4.65. The second kappa shape index (κ2) is 6.43. The van der Waals surface area contributed by atoms with E-state index >= 15 is 0 Å². The second-order valence-electron chi connectivity index (χ2n) is 5.23. The molecule has 5 heteroatoms. The van der Waals surface area contributed by atoms with Crippen molar-refractivity contribution >= 4 is 17.5 Å². The largest absolute Gasteiger partial charge is 0.339 e. The second-order valence-corrected chi connectivity index (χ2v) is 6.56. The van der Waals surface area contributed by atoms with Crippen molar-refractivity contribution < 1.29 is 9.32 Å². The molecule has 0 bridgehead atoms. The van der Waals surface area contributed by atoms with Gasteiger partial charge in [-0.3, -0.25) is 4.79 Å². The SMILES string of the molecule is CCSc1ccc(-c2noc(C3CCC(=O)CC3)n2)cc1. The van der Waals surface area contributed by atoms with Crippen molar-refractivity contribution in [3.63, 3.8) is 0 Å². The van der Waals surface area contributed by atoms with Gasteiger partial charge in [-0.1, -0.05) is 12.1 Å². The Morgan fingerprint density at radius 1 is 1.24 bits per heavy atom. The minimum absolute atomic E-state index is 0.235. The summed E-state index contributed by atoms with van der Waals surface area (Å²) >= 11 is 1.81. The normalized spacial score (nSPS) is 16.3. The van der Waals surface area contributed by atoms with Crippen LogP contribution in [0, 0.1) is 0 Å². The summed E-state index contributed by atoms with van der Waals surface area (Å²) in [7, 11) is 0. The number of carbonyl (C=O) groups excluding carboxylic acids is 1. The van der Waals surface area contributed by atoms with Crippen molar-refractivity contribution in [3.8, 4) is 11.4 Å². The molecule has 0 aliphatic heterocycles. The summed E-state index contributed by atoms with van der Waals surface area (Å²) < 4.78 is 5.39. The zero-order valence-electron chi connectivity index (χ0n) is 12.0. The fraction of sp³-hybridized carbons (Fsp3) is 0.438. The predicted octanol–water partition coefficient (Wildman–Crippen LogP) is 4.08.